The Morgan fingerprint density at radius 3 is 3.13 bits per heavy atom. The van der Waals surface area contributed by atoms with Gasteiger partial charge in [0, 0.05) is 19.4 Å². The van der Waals surface area contributed by atoms with Crippen LogP contribution in [-0.2, 0) is 25.9 Å². The second-order valence-electron chi connectivity index (χ2n) is 5.90. The molecule has 0 saturated heterocycles. The summed E-state index contributed by atoms with van der Waals surface area (Å²) in [6.45, 7) is 1.82. The molecule has 2 aliphatic heterocycles. The van der Waals surface area contributed by atoms with Crippen LogP contribution in [0.15, 0.2) is 24.3 Å². The van der Waals surface area contributed by atoms with Crippen LogP contribution in [0.5, 0.6) is 5.75 Å². The highest BCUT2D eigenvalue weighted by Gasteiger charge is 2.23. The zero-order chi connectivity index (χ0) is 15.6. The van der Waals surface area contributed by atoms with Crippen molar-refractivity contribution >= 4 is 6.03 Å². The van der Waals surface area contributed by atoms with Gasteiger partial charge < -0.3 is 19.9 Å². The van der Waals surface area contributed by atoms with Crippen LogP contribution in [0, 0.1) is 0 Å². The van der Waals surface area contributed by atoms with Crippen LogP contribution >= 0.6 is 0 Å². The molecule has 4 rings (SSSR count). The number of urea groups is 1. The SMILES string of the molecule is O=C(NCc1nnc2n1CCC2)NC[C@H]1Cc2ccccc2O1. The van der Waals surface area contributed by atoms with Gasteiger partial charge in [0.2, 0.25) is 0 Å². The Morgan fingerprint density at radius 1 is 1.30 bits per heavy atom. The zero-order valence-corrected chi connectivity index (χ0v) is 12.8. The molecular weight excluding hydrogens is 294 g/mol. The van der Waals surface area contributed by atoms with Gasteiger partial charge >= 0.3 is 6.03 Å². The van der Waals surface area contributed by atoms with Gasteiger partial charge in [-0.3, -0.25) is 0 Å². The molecule has 1 aromatic heterocycles. The number of nitrogens with zero attached hydrogens (tertiary/aromatic N) is 3. The molecule has 1 atom stereocenters. The summed E-state index contributed by atoms with van der Waals surface area (Å²) in [5, 5.41) is 13.9. The molecule has 7 nitrogen and oxygen atoms in total. The van der Waals surface area contributed by atoms with Gasteiger partial charge in [0.15, 0.2) is 5.82 Å². The number of aromatic nitrogens is 3. The largest absolute Gasteiger partial charge is 0.488 e. The summed E-state index contributed by atoms with van der Waals surface area (Å²) in [7, 11) is 0. The van der Waals surface area contributed by atoms with E-state index in [1.807, 2.05) is 18.2 Å². The highest BCUT2D eigenvalue weighted by Crippen LogP contribution is 2.27. The molecule has 0 unspecified atom stereocenters. The fourth-order valence-electron chi connectivity index (χ4n) is 3.14. The molecule has 0 radical (unpaired) electrons. The van der Waals surface area contributed by atoms with Gasteiger partial charge in [-0.2, -0.15) is 0 Å². The second-order valence-corrected chi connectivity index (χ2v) is 5.90. The summed E-state index contributed by atoms with van der Waals surface area (Å²) < 4.78 is 7.88. The van der Waals surface area contributed by atoms with Gasteiger partial charge in [-0.15, -0.1) is 10.2 Å². The first-order chi connectivity index (χ1) is 11.3. The molecule has 0 fully saturated rings. The summed E-state index contributed by atoms with van der Waals surface area (Å²) in [6, 6.07) is 7.77. The smallest absolute Gasteiger partial charge is 0.315 e. The van der Waals surface area contributed by atoms with E-state index in [0.29, 0.717) is 13.1 Å². The van der Waals surface area contributed by atoms with E-state index in [9.17, 15) is 4.79 Å². The molecule has 120 valence electrons. The zero-order valence-electron chi connectivity index (χ0n) is 12.8. The summed E-state index contributed by atoms with van der Waals surface area (Å²) in [4.78, 5) is 11.9. The first-order valence-electron chi connectivity index (χ1n) is 7.97. The molecular formula is C16H19N5O2. The van der Waals surface area contributed by atoms with Gasteiger partial charge in [0.25, 0.3) is 0 Å². The van der Waals surface area contributed by atoms with Crippen molar-refractivity contribution in [3.05, 3.63) is 41.5 Å². The molecule has 2 N–H and O–H groups in total. The number of aryl methyl sites for hydroxylation is 1. The third kappa shape index (κ3) is 2.86. The van der Waals surface area contributed by atoms with Crippen LogP contribution in [-0.4, -0.2) is 33.4 Å². The van der Waals surface area contributed by atoms with Crippen molar-refractivity contribution in [2.24, 2.45) is 0 Å². The lowest BCUT2D eigenvalue weighted by Gasteiger charge is -2.12. The Balaban J connectivity index is 1.24. The van der Waals surface area contributed by atoms with Crippen molar-refractivity contribution in [2.45, 2.75) is 38.5 Å². The van der Waals surface area contributed by atoms with Crippen LogP contribution in [0.4, 0.5) is 4.79 Å². The maximum atomic E-state index is 11.9. The second kappa shape index (κ2) is 5.91. The lowest BCUT2D eigenvalue weighted by atomic mass is 10.1. The van der Waals surface area contributed by atoms with E-state index in [1.54, 1.807) is 0 Å². The fourth-order valence-corrected chi connectivity index (χ4v) is 3.14. The molecule has 3 heterocycles. The minimum atomic E-state index is -0.208. The average molecular weight is 313 g/mol. The average Bonchev–Trinajstić information content (AvgIpc) is 3.25. The Hall–Kier alpha value is -2.57. The van der Waals surface area contributed by atoms with E-state index in [4.69, 9.17) is 4.74 Å². The number of hydrogen-bond donors (Lipinski definition) is 2. The predicted molar refractivity (Wildman–Crippen MR) is 83.1 cm³/mol. The highest BCUT2D eigenvalue weighted by atomic mass is 16.5. The van der Waals surface area contributed by atoms with Gasteiger partial charge in [-0.05, 0) is 18.1 Å². The summed E-state index contributed by atoms with van der Waals surface area (Å²) in [6.07, 6.45) is 2.90. The third-order valence-corrected chi connectivity index (χ3v) is 4.30. The van der Waals surface area contributed by atoms with Gasteiger partial charge in [0.1, 0.15) is 17.7 Å². The molecule has 0 spiro atoms. The maximum Gasteiger partial charge on any atom is 0.315 e. The number of hydrogen-bond acceptors (Lipinski definition) is 4. The molecule has 1 aromatic carbocycles. The quantitative estimate of drug-likeness (QED) is 0.883. The number of rotatable bonds is 4. The molecule has 2 amide bonds. The molecule has 0 saturated carbocycles. The lowest BCUT2D eigenvalue weighted by Crippen LogP contribution is -2.41. The van der Waals surface area contributed by atoms with Gasteiger partial charge in [-0.1, -0.05) is 18.2 Å². The lowest BCUT2D eigenvalue weighted by molar-refractivity contribution is 0.213. The molecule has 7 heteroatoms. The number of carbonyl (C=O) groups excluding carboxylic acids is 1. The minimum absolute atomic E-state index is 0.00418. The molecule has 0 bridgehead atoms. The number of fused-ring (bicyclic) bond motifs is 2. The van der Waals surface area contributed by atoms with E-state index >= 15 is 0 Å². The van der Waals surface area contributed by atoms with Crippen LogP contribution in [0.3, 0.4) is 0 Å². The molecule has 0 aliphatic carbocycles. The van der Waals surface area contributed by atoms with Crippen LogP contribution in [0.1, 0.15) is 23.6 Å². The highest BCUT2D eigenvalue weighted by molar-refractivity contribution is 5.73. The number of carbonyl (C=O) groups is 1. The predicted octanol–water partition coefficient (Wildman–Crippen LogP) is 1.03. The number of ether oxygens (including phenoxy) is 1. The normalized spacial score (nSPS) is 18.2. The maximum absolute atomic E-state index is 11.9. The number of amides is 2. The Labute approximate surface area is 134 Å². The van der Waals surface area contributed by atoms with E-state index < -0.39 is 0 Å². The fraction of sp³-hybridized carbons (Fsp3) is 0.438. The first kappa shape index (κ1) is 14.0. The van der Waals surface area contributed by atoms with Crippen molar-refractivity contribution in [3.8, 4) is 5.75 Å². The van der Waals surface area contributed by atoms with Gasteiger partial charge in [-0.25, -0.2) is 4.79 Å². The van der Waals surface area contributed by atoms with E-state index in [1.165, 1.54) is 5.56 Å². The molecule has 23 heavy (non-hydrogen) atoms. The topological polar surface area (TPSA) is 81.1 Å². The van der Waals surface area contributed by atoms with Crippen molar-refractivity contribution in [2.75, 3.05) is 6.54 Å². The van der Waals surface area contributed by atoms with Crippen LogP contribution < -0.4 is 15.4 Å². The Kier molecular flexibility index (Phi) is 3.61. The molecule has 2 aromatic rings. The Bertz CT molecular complexity index is 702. The van der Waals surface area contributed by atoms with E-state index in [-0.39, 0.29) is 12.1 Å². The van der Waals surface area contributed by atoms with E-state index in [0.717, 1.165) is 43.2 Å². The minimum Gasteiger partial charge on any atom is -0.488 e. The third-order valence-electron chi connectivity index (χ3n) is 4.30. The van der Waals surface area contributed by atoms with Crippen molar-refractivity contribution in [1.29, 1.82) is 0 Å². The summed E-state index contributed by atoms with van der Waals surface area (Å²) >= 11 is 0. The number of para-hydroxylation sites is 1. The van der Waals surface area contributed by atoms with Crippen LogP contribution in [0.25, 0.3) is 0 Å². The summed E-state index contributed by atoms with van der Waals surface area (Å²) in [5.74, 6) is 2.75. The van der Waals surface area contributed by atoms with Gasteiger partial charge in [0.05, 0.1) is 13.1 Å². The Morgan fingerprint density at radius 2 is 2.22 bits per heavy atom. The summed E-state index contributed by atoms with van der Waals surface area (Å²) in [5.41, 5.74) is 1.19. The monoisotopic (exact) mass is 313 g/mol. The number of benzene rings is 1. The van der Waals surface area contributed by atoms with Crippen molar-refractivity contribution in [1.82, 2.24) is 25.4 Å². The standard InChI is InChI=1S/C16H19N5O2/c22-16(18-10-15-20-19-14-6-3-7-21(14)15)17-9-12-8-11-4-1-2-5-13(11)23-12/h1-2,4-5,12H,3,6-10H2,(H2,17,18,22)/t12-/m1/s1. The molecule has 2 aliphatic rings. The van der Waals surface area contributed by atoms with Crippen molar-refractivity contribution in [3.63, 3.8) is 0 Å². The first-order valence-corrected chi connectivity index (χ1v) is 7.97. The van der Waals surface area contributed by atoms with Crippen molar-refractivity contribution < 1.29 is 9.53 Å². The van der Waals surface area contributed by atoms with E-state index in [2.05, 4.69) is 31.5 Å². The number of nitrogens with one attached hydrogen (secondary N) is 2. The van der Waals surface area contributed by atoms with Crippen LogP contribution in [0.2, 0.25) is 0 Å².